The maximum Gasteiger partial charge on any atom is 0.216 e. The van der Waals surface area contributed by atoms with E-state index in [-0.39, 0.29) is 11.9 Å². The molecule has 1 aromatic rings. The van der Waals surface area contributed by atoms with Crippen molar-refractivity contribution in [1.82, 2.24) is 10.6 Å². The lowest BCUT2D eigenvalue weighted by atomic mass is 9.94. The number of nitrogens with one attached hydrogen (secondary N) is 2. The van der Waals surface area contributed by atoms with Gasteiger partial charge in [-0.15, -0.1) is 0 Å². The molecule has 0 radical (unpaired) electrons. The quantitative estimate of drug-likeness (QED) is 0.755. The summed E-state index contributed by atoms with van der Waals surface area (Å²) in [6.45, 7) is 3.21. The number of carbonyl (C=O) groups excluding carboxylic acids is 1. The average Bonchev–Trinajstić information content (AvgIpc) is 2.26. The fourth-order valence-electron chi connectivity index (χ4n) is 2.02. The Labute approximate surface area is 89.9 Å². The summed E-state index contributed by atoms with van der Waals surface area (Å²) in [5, 5.41) is 6.27. The molecule has 0 aliphatic carbocycles. The molecule has 3 heteroatoms. The lowest BCUT2D eigenvalue weighted by molar-refractivity contribution is -0.119. The van der Waals surface area contributed by atoms with Crippen molar-refractivity contribution in [3.8, 4) is 0 Å². The summed E-state index contributed by atoms with van der Waals surface area (Å²) in [4.78, 5) is 10.9. The van der Waals surface area contributed by atoms with Gasteiger partial charge in [0.15, 0.2) is 0 Å². The van der Waals surface area contributed by atoms with Gasteiger partial charge in [-0.3, -0.25) is 4.79 Å². The van der Waals surface area contributed by atoms with E-state index in [1.165, 1.54) is 11.1 Å². The first-order valence-electron chi connectivity index (χ1n) is 5.33. The van der Waals surface area contributed by atoms with Gasteiger partial charge < -0.3 is 10.6 Å². The highest BCUT2D eigenvalue weighted by Crippen LogP contribution is 2.21. The fourth-order valence-corrected chi connectivity index (χ4v) is 2.02. The van der Waals surface area contributed by atoms with Gasteiger partial charge in [-0.05, 0) is 24.1 Å². The van der Waals surface area contributed by atoms with Crippen LogP contribution in [-0.4, -0.2) is 19.0 Å². The van der Waals surface area contributed by atoms with Gasteiger partial charge in [-0.25, -0.2) is 0 Å². The van der Waals surface area contributed by atoms with Crippen LogP contribution in [0.1, 0.15) is 24.1 Å². The Bertz CT molecular complexity index is 362. The monoisotopic (exact) mass is 204 g/mol. The third-order valence-electron chi connectivity index (χ3n) is 2.77. The molecule has 1 heterocycles. The maximum atomic E-state index is 10.9. The van der Waals surface area contributed by atoms with E-state index in [0.29, 0.717) is 6.54 Å². The molecule has 2 rings (SSSR count). The van der Waals surface area contributed by atoms with Gasteiger partial charge in [0.05, 0.1) is 0 Å². The minimum atomic E-state index is 0.0276. The van der Waals surface area contributed by atoms with E-state index in [2.05, 4.69) is 28.8 Å². The van der Waals surface area contributed by atoms with Crippen LogP contribution in [0.25, 0.3) is 0 Å². The topological polar surface area (TPSA) is 41.1 Å². The second-order valence-corrected chi connectivity index (χ2v) is 3.89. The number of hydrogen-bond donors (Lipinski definition) is 2. The zero-order valence-electron chi connectivity index (χ0n) is 8.92. The molecule has 0 saturated heterocycles. The predicted molar refractivity (Wildman–Crippen MR) is 59.6 cm³/mol. The number of fused-ring (bicyclic) bond motifs is 1. The standard InChI is InChI=1S/C12H16N2O/c1-9(15)14-8-12-11-5-3-2-4-10(11)6-7-13-12/h2-5,12-13H,6-8H2,1H3,(H,14,15). The van der Waals surface area contributed by atoms with Gasteiger partial charge in [0.1, 0.15) is 0 Å². The Morgan fingerprint density at radius 3 is 3.13 bits per heavy atom. The molecule has 0 spiro atoms. The van der Waals surface area contributed by atoms with Gasteiger partial charge in [0.25, 0.3) is 0 Å². The predicted octanol–water partition coefficient (Wildman–Crippen LogP) is 1.01. The van der Waals surface area contributed by atoms with E-state index in [9.17, 15) is 4.79 Å². The third-order valence-corrected chi connectivity index (χ3v) is 2.77. The number of benzene rings is 1. The van der Waals surface area contributed by atoms with E-state index in [1.807, 2.05) is 6.07 Å². The Kier molecular flexibility index (Phi) is 3.02. The van der Waals surface area contributed by atoms with Crippen LogP contribution in [-0.2, 0) is 11.2 Å². The minimum Gasteiger partial charge on any atom is -0.354 e. The van der Waals surface area contributed by atoms with E-state index >= 15 is 0 Å². The van der Waals surface area contributed by atoms with Crippen LogP contribution in [0.5, 0.6) is 0 Å². The van der Waals surface area contributed by atoms with Crippen LogP contribution < -0.4 is 10.6 Å². The Balaban J connectivity index is 2.11. The van der Waals surface area contributed by atoms with Crippen molar-refractivity contribution >= 4 is 5.91 Å². The van der Waals surface area contributed by atoms with E-state index < -0.39 is 0 Å². The van der Waals surface area contributed by atoms with Crippen molar-refractivity contribution in [2.75, 3.05) is 13.1 Å². The molecular weight excluding hydrogens is 188 g/mol. The first kappa shape index (κ1) is 10.2. The number of amides is 1. The van der Waals surface area contributed by atoms with Crippen molar-refractivity contribution in [2.24, 2.45) is 0 Å². The van der Waals surface area contributed by atoms with Crippen LogP contribution in [0.4, 0.5) is 0 Å². The maximum absolute atomic E-state index is 10.9. The van der Waals surface area contributed by atoms with E-state index in [1.54, 1.807) is 6.92 Å². The molecule has 1 amide bonds. The molecule has 1 aromatic carbocycles. The number of carbonyl (C=O) groups is 1. The lowest BCUT2D eigenvalue weighted by Gasteiger charge is -2.26. The number of hydrogen-bond acceptors (Lipinski definition) is 2. The number of rotatable bonds is 2. The summed E-state index contributed by atoms with van der Waals surface area (Å²) in [5.74, 6) is 0.0276. The second-order valence-electron chi connectivity index (χ2n) is 3.89. The van der Waals surface area contributed by atoms with Gasteiger partial charge in [-0.1, -0.05) is 24.3 Å². The van der Waals surface area contributed by atoms with Crippen molar-refractivity contribution in [1.29, 1.82) is 0 Å². The molecule has 1 aliphatic rings. The Morgan fingerprint density at radius 1 is 1.53 bits per heavy atom. The molecule has 3 nitrogen and oxygen atoms in total. The molecule has 0 aromatic heterocycles. The lowest BCUT2D eigenvalue weighted by Crippen LogP contribution is -2.38. The van der Waals surface area contributed by atoms with Gasteiger partial charge >= 0.3 is 0 Å². The Hall–Kier alpha value is -1.35. The summed E-state index contributed by atoms with van der Waals surface area (Å²) >= 11 is 0. The van der Waals surface area contributed by atoms with Gasteiger partial charge in [0, 0.05) is 19.5 Å². The molecule has 0 fully saturated rings. The van der Waals surface area contributed by atoms with Crippen LogP contribution in [0, 0.1) is 0 Å². The third kappa shape index (κ3) is 2.36. The molecule has 15 heavy (non-hydrogen) atoms. The summed E-state index contributed by atoms with van der Waals surface area (Å²) in [6.07, 6.45) is 1.08. The van der Waals surface area contributed by atoms with Gasteiger partial charge in [-0.2, -0.15) is 0 Å². The highest BCUT2D eigenvalue weighted by molar-refractivity contribution is 5.72. The highest BCUT2D eigenvalue weighted by Gasteiger charge is 2.18. The molecule has 0 bridgehead atoms. The first-order valence-corrected chi connectivity index (χ1v) is 5.33. The largest absolute Gasteiger partial charge is 0.354 e. The molecule has 1 unspecified atom stereocenters. The van der Waals surface area contributed by atoms with Crippen LogP contribution in [0.3, 0.4) is 0 Å². The van der Waals surface area contributed by atoms with Crippen molar-refractivity contribution in [3.05, 3.63) is 35.4 Å². The van der Waals surface area contributed by atoms with E-state index in [0.717, 1.165) is 13.0 Å². The molecule has 2 N–H and O–H groups in total. The minimum absolute atomic E-state index is 0.0276. The van der Waals surface area contributed by atoms with Crippen LogP contribution >= 0.6 is 0 Å². The molecule has 1 aliphatic heterocycles. The van der Waals surface area contributed by atoms with Crippen LogP contribution in [0.15, 0.2) is 24.3 Å². The summed E-state index contributed by atoms with van der Waals surface area (Å²) in [6, 6.07) is 8.68. The normalized spacial score (nSPS) is 19.4. The Morgan fingerprint density at radius 2 is 2.33 bits per heavy atom. The SMILES string of the molecule is CC(=O)NCC1NCCc2ccccc21. The highest BCUT2D eigenvalue weighted by atomic mass is 16.1. The molecule has 1 atom stereocenters. The van der Waals surface area contributed by atoms with Crippen LogP contribution in [0.2, 0.25) is 0 Å². The zero-order chi connectivity index (χ0) is 10.7. The molecular formula is C12H16N2O. The van der Waals surface area contributed by atoms with Crippen molar-refractivity contribution in [3.63, 3.8) is 0 Å². The fraction of sp³-hybridized carbons (Fsp3) is 0.417. The van der Waals surface area contributed by atoms with Gasteiger partial charge in [0.2, 0.25) is 5.91 Å². The van der Waals surface area contributed by atoms with E-state index in [4.69, 9.17) is 0 Å². The smallest absolute Gasteiger partial charge is 0.216 e. The van der Waals surface area contributed by atoms with Crippen molar-refractivity contribution < 1.29 is 4.79 Å². The summed E-state index contributed by atoms with van der Waals surface area (Å²) < 4.78 is 0. The summed E-state index contributed by atoms with van der Waals surface area (Å²) in [5.41, 5.74) is 2.71. The average molecular weight is 204 g/mol. The zero-order valence-corrected chi connectivity index (χ0v) is 8.92. The molecule has 80 valence electrons. The summed E-state index contributed by atoms with van der Waals surface area (Å²) in [7, 11) is 0. The second kappa shape index (κ2) is 4.45. The van der Waals surface area contributed by atoms with Crippen molar-refractivity contribution in [2.45, 2.75) is 19.4 Å². The molecule has 0 saturated carbocycles. The first-order chi connectivity index (χ1) is 7.27.